The smallest absolute Gasteiger partial charge is 0.262 e. The molecule has 0 atom stereocenters. The predicted molar refractivity (Wildman–Crippen MR) is 131 cm³/mol. The molecule has 0 fully saturated rings. The molecule has 10 heteroatoms. The highest BCUT2D eigenvalue weighted by Crippen LogP contribution is 2.36. The van der Waals surface area contributed by atoms with Gasteiger partial charge in [0, 0.05) is 10.7 Å². The van der Waals surface area contributed by atoms with Gasteiger partial charge in [0.05, 0.1) is 20.1 Å². The van der Waals surface area contributed by atoms with E-state index in [-0.39, 0.29) is 16.5 Å². The molecular weight excluding hydrogens is 539 g/mol. The Balaban J connectivity index is 1.65. The zero-order valence-electron chi connectivity index (χ0n) is 17.1. The molecule has 3 rings (SSSR count). The number of carbonyl (C=O) groups excluding carboxylic acids is 1. The Hall–Kier alpha value is -2.26. The molecule has 2 N–H and O–H groups in total. The van der Waals surface area contributed by atoms with Crippen molar-refractivity contribution in [3.8, 4) is 5.75 Å². The summed E-state index contributed by atoms with van der Waals surface area (Å²) in [6, 6.07) is 14.5. The van der Waals surface area contributed by atoms with E-state index in [0.29, 0.717) is 26.6 Å². The van der Waals surface area contributed by atoms with Crippen molar-refractivity contribution in [1.29, 1.82) is 0 Å². The van der Waals surface area contributed by atoms with Crippen molar-refractivity contribution in [3.05, 3.63) is 80.2 Å². The van der Waals surface area contributed by atoms with Crippen LogP contribution in [0.15, 0.2) is 64.0 Å². The minimum Gasteiger partial charge on any atom is -0.481 e. The summed E-state index contributed by atoms with van der Waals surface area (Å²) in [5.41, 5.74) is 2.62. The Morgan fingerprint density at radius 2 is 1.66 bits per heavy atom. The van der Waals surface area contributed by atoms with E-state index in [1.165, 1.54) is 30.3 Å². The van der Waals surface area contributed by atoms with Crippen LogP contribution in [0, 0.1) is 13.8 Å². The van der Waals surface area contributed by atoms with Gasteiger partial charge in [0.1, 0.15) is 0 Å². The predicted octanol–water partition coefficient (Wildman–Crippen LogP) is 6.19. The second kappa shape index (κ2) is 10.1. The number of ether oxygens (including phenoxy) is 1. The Morgan fingerprint density at radius 1 is 1.03 bits per heavy atom. The van der Waals surface area contributed by atoms with Crippen LogP contribution in [0.5, 0.6) is 5.75 Å². The molecule has 0 heterocycles. The van der Waals surface area contributed by atoms with Crippen molar-refractivity contribution in [1.82, 2.24) is 0 Å². The molecule has 3 aromatic rings. The highest BCUT2D eigenvalue weighted by atomic mass is 79.9. The molecule has 0 aliphatic carbocycles. The fourth-order valence-corrected chi connectivity index (χ4v) is 5.46. The number of rotatable bonds is 7. The van der Waals surface area contributed by atoms with Crippen molar-refractivity contribution in [2.24, 2.45) is 0 Å². The number of carbonyl (C=O) groups is 1. The second-order valence-electron chi connectivity index (χ2n) is 6.93. The van der Waals surface area contributed by atoms with Crippen molar-refractivity contribution < 1.29 is 17.9 Å². The van der Waals surface area contributed by atoms with Gasteiger partial charge in [-0.2, -0.15) is 0 Å². The molecule has 168 valence electrons. The summed E-state index contributed by atoms with van der Waals surface area (Å²) >= 11 is 15.3. The van der Waals surface area contributed by atoms with E-state index in [0.717, 1.165) is 11.1 Å². The Bertz CT molecular complexity index is 1220. The van der Waals surface area contributed by atoms with Crippen LogP contribution in [-0.2, 0) is 14.8 Å². The normalized spacial score (nSPS) is 11.2. The van der Waals surface area contributed by atoms with E-state index in [2.05, 4.69) is 26.0 Å². The van der Waals surface area contributed by atoms with E-state index in [4.69, 9.17) is 27.9 Å². The summed E-state index contributed by atoms with van der Waals surface area (Å²) in [4.78, 5) is 12.3. The summed E-state index contributed by atoms with van der Waals surface area (Å²) in [5.74, 6) is -0.141. The molecular formula is C22H19BrCl2N2O4S. The first kappa shape index (κ1) is 24.4. The quantitative estimate of drug-likeness (QED) is 0.362. The first-order chi connectivity index (χ1) is 15.1. The zero-order valence-corrected chi connectivity index (χ0v) is 21.0. The van der Waals surface area contributed by atoms with Gasteiger partial charge in [0.15, 0.2) is 12.4 Å². The Kier molecular flexibility index (Phi) is 7.71. The lowest BCUT2D eigenvalue weighted by Gasteiger charge is -2.14. The molecule has 6 nitrogen and oxygen atoms in total. The summed E-state index contributed by atoms with van der Waals surface area (Å²) in [5, 5.41) is 3.34. The van der Waals surface area contributed by atoms with Gasteiger partial charge < -0.3 is 10.1 Å². The van der Waals surface area contributed by atoms with Gasteiger partial charge in [-0.25, -0.2) is 8.42 Å². The maximum absolute atomic E-state index is 12.7. The van der Waals surface area contributed by atoms with Gasteiger partial charge in [-0.05, 0) is 77.3 Å². The number of anilines is 2. The van der Waals surface area contributed by atoms with Gasteiger partial charge in [0.25, 0.3) is 15.9 Å². The van der Waals surface area contributed by atoms with Crippen LogP contribution in [0.2, 0.25) is 10.0 Å². The molecule has 0 radical (unpaired) electrons. The van der Waals surface area contributed by atoms with Gasteiger partial charge in [-0.3, -0.25) is 9.52 Å². The number of amides is 1. The number of aryl methyl sites for hydroxylation is 2. The first-order valence-electron chi connectivity index (χ1n) is 9.33. The number of hydrogen-bond donors (Lipinski definition) is 2. The lowest BCUT2D eigenvalue weighted by atomic mass is 10.1. The molecule has 0 unspecified atom stereocenters. The molecule has 1 amide bonds. The lowest BCUT2D eigenvalue weighted by Crippen LogP contribution is -2.20. The number of hydrogen-bond acceptors (Lipinski definition) is 4. The molecule has 3 aromatic carbocycles. The molecule has 0 aliphatic rings. The minimum atomic E-state index is -3.78. The number of halogens is 3. The second-order valence-corrected chi connectivity index (χ2v) is 10.3. The van der Waals surface area contributed by atoms with Gasteiger partial charge in [0.2, 0.25) is 0 Å². The topological polar surface area (TPSA) is 84.5 Å². The van der Waals surface area contributed by atoms with Crippen molar-refractivity contribution in [2.45, 2.75) is 18.7 Å². The van der Waals surface area contributed by atoms with Crippen molar-refractivity contribution in [3.63, 3.8) is 0 Å². The largest absolute Gasteiger partial charge is 0.481 e. The summed E-state index contributed by atoms with van der Waals surface area (Å²) in [6.07, 6.45) is 0. The third-order valence-corrected chi connectivity index (χ3v) is 6.93. The average molecular weight is 558 g/mol. The van der Waals surface area contributed by atoms with E-state index in [9.17, 15) is 13.2 Å². The van der Waals surface area contributed by atoms with Gasteiger partial charge in [-0.1, -0.05) is 41.4 Å². The summed E-state index contributed by atoms with van der Waals surface area (Å²) in [7, 11) is -3.78. The highest BCUT2D eigenvalue weighted by molar-refractivity contribution is 9.10. The zero-order chi connectivity index (χ0) is 23.5. The third-order valence-electron chi connectivity index (χ3n) is 4.48. The van der Waals surface area contributed by atoms with E-state index < -0.39 is 15.9 Å². The maximum atomic E-state index is 12.7. The Labute approximate surface area is 205 Å². The van der Waals surface area contributed by atoms with E-state index >= 15 is 0 Å². The molecule has 0 aliphatic heterocycles. The molecule has 0 aromatic heterocycles. The molecule has 32 heavy (non-hydrogen) atoms. The van der Waals surface area contributed by atoms with Crippen LogP contribution < -0.4 is 14.8 Å². The fraction of sp³-hybridized carbons (Fsp3) is 0.136. The van der Waals surface area contributed by atoms with Gasteiger partial charge >= 0.3 is 0 Å². The first-order valence-corrected chi connectivity index (χ1v) is 12.4. The van der Waals surface area contributed by atoms with Crippen LogP contribution in [0.4, 0.5) is 11.4 Å². The lowest BCUT2D eigenvalue weighted by molar-refractivity contribution is -0.118. The minimum absolute atomic E-state index is 0.0753. The molecule has 0 saturated carbocycles. The monoisotopic (exact) mass is 556 g/mol. The number of nitrogens with one attached hydrogen (secondary N) is 2. The van der Waals surface area contributed by atoms with Crippen LogP contribution in [0.1, 0.15) is 11.1 Å². The highest BCUT2D eigenvalue weighted by Gasteiger charge is 2.17. The number of sulfonamides is 1. The average Bonchev–Trinajstić information content (AvgIpc) is 2.70. The fourth-order valence-electron chi connectivity index (χ4n) is 2.89. The van der Waals surface area contributed by atoms with Gasteiger partial charge in [-0.15, -0.1) is 0 Å². The molecule has 0 bridgehead atoms. The molecule has 0 saturated heterocycles. The third kappa shape index (κ3) is 5.95. The standard InChI is InChI=1S/C22H19BrCl2N2O4S/c1-13-4-3-5-14(2)21(13)27-32(29,30)17-8-6-16(7-9-17)26-20(28)12-31-22-18(23)10-15(24)11-19(22)25/h3-11,27H,12H2,1-2H3,(H,26,28). The van der Waals surface area contributed by atoms with E-state index in [1.807, 2.05) is 32.0 Å². The van der Waals surface area contributed by atoms with Crippen molar-refractivity contribution >= 4 is 66.4 Å². The number of benzene rings is 3. The summed E-state index contributed by atoms with van der Waals surface area (Å²) < 4.78 is 34.1. The SMILES string of the molecule is Cc1cccc(C)c1NS(=O)(=O)c1ccc(NC(=O)COc2c(Cl)cc(Cl)cc2Br)cc1. The molecule has 0 spiro atoms. The van der Waals surface area contributed by atoms with Crippen LogP contribution in [0.25, 0.3) is 0 Å². The summed E-state index contributed by atoms with van der Waals surface area (Å²) in [6.45, 7) is 3.37. The Morgan fingerprint density at radius 3 is 2.25 bits per heavy atom. The van der Waals surface area contributed by atoms with Crippen LogP contribution >= 0.6 is 39.1 Å². The van der Waals surface area contributed by atoms with E-state index in [1.54, 1.807) is 6.07 Å². The van der Waals surface area contributed by atoms with Crippen LogP contribution in [0.3, 0.4) is 0 Å². The number of para-hydroxylation sites is 1. The van der Waals surface area contributed by atoms with Crippen LogP contribution in [-0.4, -0.2) is 20.9 Å². The maximum Gasteiger partial charge on any atom is 0.262 e. The van der Waals surface area contributed by atoms with Crippen molar-refractivity contribution in [2.75, 3.05) is 16.6 Å².